The summed E-state index contributed by atoms with van der Waals surface area (Å²) in [7, 11) is 2.09. The summed E-state index contributed by atoms with van der Waals surface area (Å²) in [5, 5.41) is 8.67. The van der Waals surface area contributed by atoms with Gasteiger partial charge in [0.1, 0.15) is 11.6 Å². The Bertz CT molecular complexity index is 994. The first-order valence-electron chi connectivity index (χ1n) is 9.67. The van der Waals surface area contributed by atoms with Crippen molar-refractivity contribution in [3.05, 3.63) is 35.5 Å². The third kappa shape index (κ3) is 3.62. The van der Waals surface area contributed by atoms with Crippen molar-refractivity contribution in [1.29, 1.82) is 0 Å². The summed E-state index contributed by atoms with van der Waals surface area (Å²) in [6.45, 7) is 3.58. The molecule has 1 aromatic carbocycles. The zero-order valence-electron chi connectivity index (χ0n) is 15.8. The van der Waals surface area contributed by atoms with E-state index in [0.717, 1.165) is 42.2 Å². The minimum Gasteiger partial charge on any atom is -0.367 e. The van der Waals surface area contributed by atoms with Gasteiger partial charge in [0.05, 0.1) is 15.9 Å². The number of hydrogen-bond donors (Lipinski definition) is 2. The van der Waals surface area contributed by atoms with Crippen LogP contribution in [0.5, 0.6) is 0 Å². The van der Waals surface area contributed by atoms with Crippen LogP contribution in [0.4, 0.5) is 27.5 Å². The van der Waals surface area contributed by atoms with Gasteiger partial charge in [0, 0.05) is 37.9 Å². The molecular weight excluding hydrogens is 375 g/mol. The monoisotopic (exact) mass is 398 g/mol. The Morgan fingerprint density at radius 3 is 2.68 bits per heavy atom. The molecule has 1 saturated carbocycles. The van der Waals surface area contributed by atoms with Gasteiger partial charge in [-0.05, 0) is 49.5 Å². The van der Waals surface area contributed by atoms with E-state index in [2.05, 4.69) is 37.4 Å². The lowest BCUT2D eigenvalue weighted by molar-refractivity contribution is 0.311. The molecule has 1 saturated heterocycles. The van der Waals surface area contributed by atoms with Crippen LogP contribution in [0, 0.1) is 5.82 Å². The number of rotatable bonds is 5. The first-order chi connectivity index (χ1) is 13.7. The van der Waals surface area contributed by atoms with Crippen LogP contribution in [0.3, 0.4) is 0 Å². The third-order valence-corrected chi connectivity index (χ3v) is 6.18. The molecule has 5 rings (SSSR count). The van der Waals surface area contributed by atoms with Crippen molar-refractivity contribution in [3.8, 4) is 0 Å². The number of halogens is 1. The van der Waals surface area contributed by atoms with Gasteiger partial charge in [-0.3, -0.25) is 0 Å². The van der Waals surface area contributed by atoms with Crippen molar-refractivity contribution in [2.45, 2.75) is 18.9 Å². The molecule has 8 heteroatoms. The molecule has 28 heavy (non-hydrogen) atoms. The maximum absolute atomic E-state index is 14.8. The Labute approximate surface area is 167 Å². The maximum Gasteiger partial charge on any atom is 0.229 e. The van der Waals surface area contributed by atoms with E-state index in [4.69, 9.17) is 0 Å². The fraction of sp³-hybridized carbons (Fsp3) is 0.400. The zero-order valence-corrected chi connectivity index (χ0v) is 16.6. The van der Waals surface area contributed by atoms with Crippen molar-refractivity contribution in [3.63, 3.8) is 0 Å². The molecule has 2 N–H and O–H groups in total. The summed E-state index contributed by atoms with van der Waals surface area (Å²) in [4.78, 5) is 13.6. The molecule has 0 spiro atoms. The standard InChI is InChI=1S/C20H23FN6S/c1-26-7-9-27(10-8-26)17-5-4-14(12-15(17)21)23-20-24-16-6-11-28-18(16)19(25-20)22-13-2-3-13/h4-6,11-13H,2-3,7-10H2,1H3,(H2,22,23,24,25). The molecule has 2 aliphatic rings. The smallest absolute Gasteiger partial charge is 0.229 e. The normalized spacial score (nSPS) is 17.9. The highest BCUT2D eigenvalue weighted by Crippen LogP contribution is 2.32. The summed E-state index contributed by atoms with van der Waals surface area (Å²) < 4.78 is 15.8. The maximum atomic E-state index is 14.8. The summed E-state index contributed by atoms with van der Waals surface area (Å²) in [6.07, 6.45) is 2.36. The average molecular weight is 399 g/mol. The molecule has 3 aromatic rings. The van der Waals surface area contributed by atoms with E-state index in [1.807, 2.05) is 23.6 Å². The van der Waals surface area contributed by atoms with Crippen LogP contribution in [-0.2, 0) is 0 Å². The van der Waals surface area contributed by atoms with Crippen LogP contribution >= 0.6 is 11.3 Å². The quantitative estimate of drug-likeness (QED) is 0.680. The minimum atomic E-state index is -0.220. The molecule has 0 atom stereocenters. The molecule has 146 valence electrons. The van der Waals surface area contributed by atoms with E-state index in [0.29, 0.717) is 23.4 Å². The fourth-order valence-electron chi connectivity index (χ4n) is 3.46. The Morgan fingerprint density at radius 1 is 1.11 bits per heavy atom. The summed E-state index contributed by atoms with van der Waals surface area (Å²) in [5.41, 5.74) is 2.21. The van der Waals surface area contributed by atoms with Gasteiger partial charge < -0.3 is 20.4 Å². The molecule has 2 fully saturated rings. The zero-order chi connectivity index (χ0) is 19.1. The molecule has 1 aliphatic heterocycles. The van der Waals surface area contributed by atoms with Gasteiger partial charge in [-0.25, -0.2) is 9.37 Å². The van der Waals surface area contributed by atoms with Gasteiger partial charge >= 0.3 is 0 Å². The summed E-state index contributed by atoms with van der Waals surface area (Å²) in [6, 6.07) is 7.76. The van der Waals surface area contributed by atoms with E-state index in [1.54, 1.807) is 11.3 Å². The summed E-state index contributed by atoms with van der Waals surface area (Å²) in [5.74, 6) is 1.13. The lowest BCUT2D eigenvalue weighted by atomic mass is 10.2. The van der Waals surface area contributed by atoms with Gasteiger partial charge in [-0.2, -0.15) is 4.98 Å². The van der Waals surface area contributed by atoms with Crippen molar-refractivity contribution >= 4 is 44.7 Å². The Hall–Kier alpha value is -2.45. The van der Waals surface area contributed by atoms with Crippen molar-refractivity contribution in [1.82, 2.24) is 14.9 Å². The van der Waals surface area contributed by atoms with Crippen LogP contribution in [0.2, 0.25) is 0 Å². The highest BCUT2D eigenvalue weighted by atomic mass is 32.1. The van der Waals surface area contributed by atoms with Crippen molar-refractivity contribution in [2.24, 2.45) is 0 Å². The van der Waals surface area contributed by atoms with Crippen LogP contribution in [0.1, 0.15) is 12.8 Å². The molecule has 0 amide bonds. The number of likely N-dealkylation sites (N-methyl/N-ethyl adjacent to an activating group) is 1. The van der Waals surface area contributed by atoms with E-state index >= 15 is 0 Å². The van der Waals surface area contributed by atoms with Crippen LogP contribution < -0.4 is 15.5 Å². The highest BCUT2D eigenvalue weighted by molar-refractivity contribution is 7.17. The molecule has 2 aromatic heterocycles. The second-order valence-electron chi connectivity index (χ2n) is 7.53. The number of fused-ring (bicyclic) bond motifs is 1. The van der Waals surface area contributed by atoms with Crippen molar-refractivity contribution < 1.29 is 4.39 Å². The second kappa shape index (κ2) is 7.18. The van der Waals surface area contributed by atoms with Gasteiger partial charge in [0.2, 0.25) is 5.95 Å². The summed E-state index contributed by atoms with van der Waals surface area (Å²) >= 11 is 1.63. The fourth-order valence-corrected chi connectivity index (χ4v) is 4.24. The number of nitrogens with one attached hydrogen (secondary N) is 2. The van der Waals surface area contributed by atoms with Crippen LogP contribution in [-0.4, -0.2) is 54.1 Å². The predicted octanol–water partition coefficient (Wildman–Crippen LogP) is 3.90. The van der Waals surface area contributed by atoms with Gasteiger partial charge in [0.25, 0.3) is 0 Å². The number of piperazine rings is 1. The topological polar surface area (TPSA) is 56.3 Å². The van der Waals surface area contributed by atoms with Gasteiger partial charge in [0.15, 0.2) is 0 Å². The first-order valence-corrected chi connectivity index (χ1v) is 10.6. The number of nitrogens with zero attached hydrogens (tertiary/aromatic N) is 4. The Morgan fingerprint density at radius 2 is 1.93 bits per heavy atom. The lowest BCUT2D eigenvalue weighted by Gasteiger charge is -2.34. The molecular formula is C20H23FN6S. The number of aromatic nitrogens is 2. The highest BCUT2D eigenvalue weighted by Gasteiger charge is 2.23. The first kappa shape index (κ1) is 17.6. The average Bonchev–Trinajstić information content (AvgIpc) is 3.36. The molecule has 0 unspecified atom stereocenters. The predicted molar refractivity (Wildman–Crippen MR) is 113 cm³/mol. The van der Waals surface area contributed by atoms with Crippen LogP contribution in [0.25, 0.3) is 10.2 Å². The SMILES string of the molecule is CN1CCN(c2ccc(Nc3nc(NC4CC4)c4sccc4n3)cc2F)CC1. The number of benzene rings is 1. The molecule has 3 heterocycles. The van der Waals surface area contributed by atoms with E-state index in [-0.39, 0.29) is 5.82 Å². The van der Waals surface area contributed by atoms with Crippen LogP contribution in [0.15, 0.2) is 29.6 Å². The number of thiophene rings is 1. The molecule has 6 nitrogen and oxygen atoms in total. The molecule has 0 bridgehead atoms. The minimum absolute atomic E-state index is 0.220. The third-order valence-electron chi connectivity index (χ3n) is 5.27. The Balaban J connectivity index is 1.37. The lowest BCUT2D eigenvalue weighted by Crippen LogP contribution is -2.44. The number of anilines is 4. The van der Waals surface area contributed by atoms with Gasteiger partial charge in [-0.1, -0.05) is 0 Å². The Kier molecular flexibility index (Phi) is 4.52. The van der Waals surface area contributed by atoms with Crippen molar-refractivity contribution in [2.75, 3.05) is 48.8 Å². The van der Waals surface area contributed by atoms with E-state index < -0.39 is 0 Å². The van der Waals surface area contributed by atoms with Gasteiger partial charge in [-0.15, -0.1) is 11.3 Å². The number of hydrogen-bond acceptors (Lipinski definition) is 7. The molecule has 1 aliphatic carbocycles. The van der Waals surface area contributed by atoms with E-state index in [1.165, 1.54) is 18.9 Å². The second-order valence-corrected chi connectivity index (χ2v) is 8.45. The largest absolute Gasteiger partial charge is 0.367 e. The molecule has 0 radical (unpaired) electrons. The van der Waals surface area contributed by atoms with E-state index in [9.17, 15) is 4.39 Å².